The largest absolute Gasteiger partial charge is 0.478 e. The number of aromatic carboxylic acids is 1. The van der Waals surface area contributed by atoms with Crippen molar-refractivity contribution in [1.29, 1.82) is 0 Å². The molecule has 0 radical (unpaired) electrons. The van der Waals surface area contributed by atoms with Crippen molar-refractivity contribution < 1.29 is 19.2 Å². The molecule has 1 atom stereocenters. The molecule has 0 unspecified atom stereocenters. The second-order valence-corrected chi connectivity index (χ2v) is 8.79. The van der Waals surface area contributed by atoms with Gasteiger partial charge in [-0.15, -0.1) is 0 Å². The molecule has 8 heteroatoms. The molecule has 0 aromatic carbocycles. The average molecular weight is 397 g/mol. The molecule has 4 heterocycles. The number of ether oxygens (including phenoxy) is 1. The van der Waals surface area contributed by atoms with Crippen molar-refractivity contribution in [3.05, 3.63) is 57.6 Å². The number of carboxylic acid groups (broad SMARTS) is 1. The van der Waals surface area contributed by atoms with Gasteiger partial charge in [-0.05, 0) is 69.2 Å². The molecule has 8 nitrogen and oxygen atoms in total. The van der Waals surface area contributed by atoms with Gasteiger partial charge in [0.15, 0.2) is 5.82 Å². The van der Waals surface area contributed by atoms with E-state index in [0.717, 1.165) is 25.0 Å². The van der Waals surface area contributed by atoms with Crippen LogP contribution in [-0.4, -0.2) is 37.8 Å². The quantitative estimate of drug-likeness (QED) is 0.700. The van der Waals surface area contributed by atoms with Crippen LogP contribution in [-0.2, 0) is 10.2 Å². The Labute approximate surface area is 166 Å². The number of aromatic nitrogens is 3. The number of rotatable bonds is 4. The van der Waals surface area contributed by atoms with E-state index < -0.39 is 17.1 Å². The zero-order chi connectivity index (χ0) is 20.4. The van der Waals surface area contributed by atoms with Crippen LogP contribution in [0.15, 0.2) is 33.7 Å². The maximum absolute atomic E-state index is 12.0. The zero-order valence-corrected chi connectivity index (χ0v) is 16.4. The van der Waals surface area contributed by atoms with Crippen molar-refractivity contribution >= 4 is 11.5 Å². The molecule has 2 aliphatic rings. The Kier molecular flexibility index (Phi) is 3.80. The summed E-state index contributed by atoms with van der Waals surface area (Å²) < 4.78 is 12.4. The van der Waals surface area contributed by atoms with Gasteiger partial charge in [-0.1, -0.05) is 5.16 Å². The Morgan fingerprint density at radius 3 is 2.76 bits per heavy atom. The lowest BCUT2D eigenvalue weighted by Gasteiger charge is -2.35. The molecular formula is C21H23N3O5. The number of nitrogens with zero attached hydrogens (tertiary/aromatic N) is 2. The lowest BCUT2D eigenvalue weighted by Crippen LogP contribution is -2.33. The summed E-state index contributed by atoms with van der Waals surface area (Å²) in [5.74, 6) is -0.861. The minimum Gasteiger partial charge on any atom is -0.478 e. The van der Waals surface area contributed by atoms with Gasteiger partial charge in [-0.2, -0.15) is 0 Å². The second-order valence-electron chi connectivity index (χ2n) is 8.79. The first-order chi connectivity index (χ1) is 13.8. The highest BCUT2D eigenvalue weighted by Crippen LogP contribution is 2.53. The van der Waals surface area contributed by atoms with E-state index >= 15 is 0 Å². The fourth-order valence-electron chi connectivity index (χ4n) is 4.76. The summed E-state index contributed by atoms with van der Waals surface area (Å²) in [6.07, 6.45) is 5.22. The van der Waals surface area contributed by atoms with Crippen LogP contribution in [0.1, 0.15) is 72.9 Å². The molecule has 0 spiro atoms. The van der Waals surface area contributed by atoms with Gasteiger partial charge >= 0.3 is 11.7 Å². The summed E-state index contributed by atoms with van der Waals surface area (Å²) in [5.41, 5.74) is 2.10. The number of carbonyl (C=O) groups is 1. The van der Waals surface area contributed by atoms with Crippen LogP contribution in [0, 0.1) is 0 Å². The lowest BCUT2D eigenvalue weighted by molar-refractivity contribution is -0.0593. The van der Waals surface area contributed by atoms with Crippen molar-refractivity contribution in [2.45, 2.75) is 56.5 Å². The number of carboxylic acids is 1. The fourth-order valence-corrected chi connectivity index (χ4v) is 4.76. The Morgan fingerprint density at radius 2 is 2.14 bits per heavy atom. The molecule has 1 saturated carbocycles. The predicted octanol–water partition coefficient (Wildman–Crippen LogP) is 3.07. The van der Waals surface area contributed by atoms with Crippen LogP contribution >= 0.6 is 0 Å². The number of pyridine rings is 1. The van der Waals surface area contributed by atoms with E-state index in [1.807, 2.05) is 10.6 Å². The molecule has 5 rings (SSSR count). The third-order valence-electron chi connectivity index (χ3n) is 6.29. The molecule has 1 aliphatic heterocycles. The van der Waals surface area contributed by atoms with Gasteiger partial charge in [0.1, 0.15) is 0 Å². The predicted molar refractivity (Wildman–Crippen MR) is 104 cm³/mol. The molecule has 1 aliphatic carbocycles. The Hall–Kier alpha value is -2.87. The summed E-state index contributed by atoms with van der Waals surface area (Å²) in [6.45, 7) is 4.92. The van der Waals surface area contributed by atoms with Crippen LogP contribution in [0.4, 0.5) is 0 Å². The van der Waals surface area contributed by atoms with Crippen LogP contribution < -0.4 is 5.76 Å². The summed E-state index contributed by atoms with van der Waals surface area (Å²) in [5, 5.41) is 13.7. The third-order valence-corrected chi connectivity index (χ3v) is 6.29. The first-order valence-corrected chi connectivity index (χ1v) is 9.88. The Bertz CT molecular complexity index is 1160. The number of fused-ring (bicyclic) bond motifs is 1. The molecule has 152 valence electrons. The van der Waals surface area contributed by atoms with Gasteiger partial charge in [0.05, 0.1) is 22.3 Å². The lowest BCUT2D eigenvalue weighted by atomic mass is 9.84. The normalized spacial score (nSPS) is 22.6. The Balaban J connectivity index is 1.63. The van der Waals surface area contributed by atoms with Crippen LogP contribution in [0.2, 0.25) is 0 Å². The van der Waals surface area contributed by atoms with Gasteiger partial charge in [-0.25, -0.2) is 9.59 Å². The highest BCUT2D eigenvalue weighted by molar-refractivity contribution is 5.92. The van der Waals surface area contributed by atoms with Crippen LogP contribution in [0.25, 0.3) is 5.52 Å². The van der Waals surface area contributed by atoms with Crippen molar-refractivity contribution in [2.24, 2.45) is 0 Å². The van der Waals surface area contributed by atoms with E-state index in [-0.39, 0.29) is 11.2 Å². The van der Waals surface area contributed by atoms with Gasteiger partial charge in [0.2, 0.25) is 0 Å². The smallest absolute Gasteiger partial charge is 0.438 e. The minimum absolute atomic E-state index is 0.161. The highest BCUT2D eigenvalue weighted by Gasteiger charge is 2.53. The van der Waals surface area contributed by atoms with E-state index in [4.69, 9.17) is 4.74 Å². The first-order valence-electron chi connectivity index (χ1n) is 9.88. The number of aromatic amines is 1. The maximum Gasteiger partial charge on any atom is 0.438 e. The molecule has 3 aromatic rings. The first kappa shape index (κ1) is 18.2. The van der Waals surface area contributed by atoms with Gasteiger partial charge in [0, 0.05) is 18.3 Å². The van der Waals surface area contributed by atoms with Crippen molar-refractivity contribution in [3.63, 3.8) is 0 Å². The molecule has 2 fully saturated rings. The molecule has 0 amide bonds. The van der Waals surface area contributed by atoms with E-state index in [1.165, 1.54) is 5.56 Å². The number of hydrogen-bond acceptors (Lipinski definition) is 5. The molecule has 3 aromatic heterocycles. The zero-order valence-electron chi connectivity index (χ0n) is 16.4. The summed E-state index contributed by atoms with van der Waals surface area (Å²) in [7, 11) is 0. The maximum atomic E-state index is 12.0. The summed E-state index contributed by atoms with van der Waals surface area (Å²) >= 11 is 0. The van der Waals surface area contributed by atoms with Crippen LogP contribution in [0.3, 0.4) is 0 Å². The van der Waals surface area contributed by atoms with Gasteiger partial charge < -0.3 is 14.2 Å². The SMILES string of the molecule is CC1(C)C[C@@H](c2ccn3c(C4(c5noc(=O)[nH]5)CC4)c(C(=O)O)cc3c2)CCO1. The molecule has 29 heavy (non-hydrogen) atoms. The molecular weight excluding hydrogens is 374 g/mol. The van der Waals surface area contributed by atoms with Gasteiger partial charge in [0.25, 0.3) is 0 Å². The topological polar surface area (TPSA) is 110 Å². The minimum atomic E-state index is -0.991. The summed E-state index contributed by atoms with van der Waals surface area (Å²) in [4.78, 5) is 26.1. The molecule has 2 N–H and O–H groups in total. The monoisotopic (exact) mass is 397 g/mol. The second kappa shape index (κ2) is 6.06. The van der Waals surface area contributed by atoms with E-state index in [1.54, 1.807) is 6.07 Å². The van der Waals surface area contributed by atoms with Crippen molar-refractivity contribution in [3.8, 4) is 0 Å². The third kappa shape index (κ3) is 2.90. The van der Waals surface area contributed by atoms with E-state index in [9.17, 15) is 14.7 Å². The van der Waals surface area contributed by atoms with E-state index in [0.29, 0.717) is 30.3 Å². The molecule has 1 saturated heterocycles. The number of nitrogens with one attached hydrogen (secondary N) is 1. The standard InChI is InChI=1S/C21H23N3O5/c1-20(2)11-13(4-8-28-20)12-3-7-24-14(9-12)10-15(17(25)26)16(24)21(5-6-21)18-22-19(27)29-23-18/h3,7,9-10,13H,4-6,8,11H2,1-2H3,(H,25,26)(H,22,23,27)/t13-/m0/s1. The van der Waals surface area contributed by atoms with Gasteiger partial charge in [-0.3, -0.25) is 9.51 Å². The highest BCUT2D eigenvalue weighted by atomic mass is 16.5. The fraction of sp³-hybridized carbons (Fsp3) is 0.476. The molecule has 0 bridgehead atoms. The summed E-state index contributed by atoms with van der Waals surface area (Å²) in [6, 6.07) is 5.85. The average Bonchev–Trinajstić information content (AvgIpc) is 3.17. The number of H-pyrrole nitrogens is 1. The van der Waals surface area contributed by atoms with Crippen molar-refractivity contribution in [2.75, 3.05) is 6.61 Å². The van der Waals surface area contributed by atoms with Crippen LogP contribution in [0.5, 0.6) is 0 Å². The Morgan fingerprint density at radius 1 is 1.34 bits per heavy atom. The van der Waals surface area contributed by atoms with Crippen molar-refractivity contribution in [1.82, 2.24) is 14.5 Å². The number of hydrogen-bond donors (Lipinski definition) is 2. The van der Waals surface area contributed by atoms with E-state index in [2.05, 4.69) is 40.6 Å².